The van der Waals surface area contributed by atoms with Crippen molar-refractivity contribution in [1.29, 1.82) is 0 Å². The van der Waals surface area contributed by atoms with Crippen LogP contribution in [0.2, 0.25) is 0 Å². The van der Waals surface area contributed by atoms with E-state index >= 15 is 0 Å². The molecule has 1 aliphatic carbocycles. The van der Waals surface area contributed by atoms with E-state index in [1.807, 2.05) is 0 Å². The highest BCUT2D eigenvalue weighted by molar-refractivity contribution is 5.12. The van der Waals surface area contributed by atoms with Crippen molar-refractivity contribution in [1.82, 2.24) is 0 Å². The lowest BCUT2D eigenvalue weighted by Gasteiger charge is -2.01. The largest absolute Gasteiger partial charge is 0.330 e. The standard InChI is InChI=1S/C13H23N/c1-11(2)4-3-5-12-6-7-13(10-12)8-9-14/h4,10,13H,3,5-9,14H2,1-2H3. The molecule has 1 unspecified atom stereocenters. The highest BCUT2D eigenvalue weighted by Crippen LogP contribution is 2.29. The fourth-order valence-corrected chi connectivity index (χ4v) is 2.07. The van der Waals surface area contributed by atoms with E-state index in [1.54, 1.807) is 5.57 Å². The summed E-state index contributed by atoms with van der Waals surface area (Å²) in [6.07, 6.45) is 11.1. The molecule has 0 fully saturated rings. The molecule has 80 valence electrons. The number of nitrogens with two attached hydrogens (primary N) is 1. The number of hydrogen-bond acceptors (Lipinski definition) is 1. The van der Waals surface area contributed by atoms with Crippen molar-refractivity contribution in [2.45, 2.75) is 46.0 Å². The second-order valence-electron chi connectivity index (χ2n) is 4.52. The van der Waals surface area contributed by atoms with Gasteiger partial charge in [0, 0.05) is 0 Å². The van der Waals surface area contributed by atoms with Crippen LogP contribution in [0.15, 0.2) is 23.3 Å². The van der Waals surface area contributed by atoms with E-state index in [9.17, 15) is 0 Å². The van der Waals surface area contributed by atoms with Crippen molar-refractivity contribution >= 4 is 0 Å². The van der Waals surface area contributed by atoms with Crippen LogP contribution in [0.25, 0.3) is 0 Å². The fraction of sp³-hybridized carbons (Fsp3) is 0.692. The van der Waals surface area contributed by atoms with Gasteiger partial charge in [-0.05, 0) is 58.4 Å². The van der Waals surface area contributed by atoms with Gasteiger partial charge in [0.25, 0.3) is 0 Å². The van der Waals surface area contributed by atoms with Gasteiger partial charge in [-0.2, -0.15) is 0 Å². The monoisotopic (exact) mass is 193 g/mol. The van der Waals surface area contributed by atoms with Crippen molar-refractivity contribution in [2.24, 2.45) is 11.7 Å². The quantitative estimate of drug-likeness (QED) is 0.665. The molecular weight excluding hydrogens is 170 g/mol. The average Bonchev–Trinajstić information content (AvgIpc) is 2.53. The first-order valence-corrected chi connectivity index (χ1v) is 5.75. The Hall–Kier alpha value is -0.560. The van der Waals surface area contributed by atoms with Gasteiger partial charge in [-0.1, -0.05) is 23.3 Å². The van der Waals surface area contributed by atoms with E-state index in [1.165, 1.54) is 37.7 Å². The third-order valence-electron chi connectivity index (χ3n) is 2.86. The van der Waals surface area contributed by atoms with Crippen molar-refractivity contribution in [2.75, 3.05) is 6.54 Å². The van der Waals surface area contributed by atoms with Crippen LogP contribution < -0.4 is 5.73 Å². The molecule has 0 radical (unpaired) electrons. The van der Waals surface area contributed by atoms with E-state index in [-0.39, 0.29) is 0 Å². The normalized spacial score (nSPS) is 20.8. The first kappa shape index (κ1) is 11.5. The molecule has 0 saturated carbocycles. The third-order valence-corrected chi connectivity index (χ3v) is 2.86. The van der Waals surface area contributed by atoms with Crippen LogP contribution in [0.1, 0.15) is 46.0 Å². The SMILES string of the molecule is CC(C)=CCCC1=CC(CCN)CC1. The Balaban J connectivity index is 2.26. The molecule has 0 aromatic rings. The van der Waals surface area contributed by atoms with Gasteiger partial charge in [0.2, 0.25) is 0 Å². The lowest BCUT2D eigenvalue weighted by atomic mass is 10.1. The average molecular weight is 193 g/mol. The maximum absolute atomic E-state index is 5.55. The molecule has 0 aromatic carbocycles. The van der Waals surface area contributed by atoms with Crippen LogP contribution in [0.3, 0.4) is 0 Å². The minimum atomic E-state index is 0.779. The van der Waals surface area contributed by atoms with Crippen LogP contribution in [-0.4, -0.2) is 6.54 Å². The van der Waals surface area contributed by atoms with Gasteiger partial charge >= 0.3 is 0 Å². The van der Waals surface area contributed by atoms with Crippen LogP contribution >= 0.6 is 0 Å². The maximum atomic E-state index is 5.55. The molecule has 0 amide bonds. The van der Waals surface area contributed by atoms with E-state index in [2.05, 4.69) is 26.0 Å². The predicted molar refractivity (Wildman–Crippen MR) is 63.1 cm³/mol. The van der Waals surface area contributed by atoms with Crippen LogP contribution in [0.4, 0.5) is 0 Å². The summed E-state index contributed by atoms with van der Waals surface area (Å²) in [5.41, 5.74) is 8.64. The molecule has 2 N–H and O–H groups in total. The van der Waals surface area contributed by atoms with Crippen molar-refractivity contribution in [3.8, 4) is 0 Å². The highest BCUT2D eigenvalue weighted by Gasteiger charge is 2.13. The van der Waals surface area contributed by atoms with Gasteiger partial charge in [-0.3, -0.25) is 0 Å². The molecule has 1 aliphatic rings. The number of allylic oxidation sites excluding steroid dienone is 4. The van der Waals surface area contributed by atoms with Crippen LogP contribution in [0, 0.1) is 5.92 Å². The van der Waals surface area contributed by atoms with Crippen LogP contribution in [0.5, 0.6) is 0 Å². The summed E-state index contributed by atoms with van der Waals surface area (Å²) in [6.45, 7) is 5.17. The Morgan fingerprint density at radius 3 is 3.00 bits per heavy atom. The molecule has 1 heteroatoms. The zero-order valence-electron chi connectivity index (χ0n) is 9.55. The predicted octanol–water partition coefficient (Wildman–Crippen LogP) is 3.42. The fourth-order valence-electron chi connectivity index (χ4n) is 2.07. The summed E-state index contributed by atoms with van der Waals surface area (Å²) in [5.74, 6) is 0.779. The summed E-state index contributed by atoms with van der Waals surface area (Å²) in [5, 5.41) is 0. The summed E-state index contributed by atoms with van der Waals surface area (Å²) < 4.78 is 0. The minimum absolute atomic E-state index is 0.779. The molecule has 0 saturated heterocycles. The molecule has 14 heavy (non-hydrogen) atoms. The van der Waals surface area contributed by atoms with E-state index in [4.69, 9.17) is 5.73 Å². The lowest BCUT2D eigenvalue weighted by Crippen LogP contribution is -2.04. The van der Waals surface area contributed by atoms with E-state index in [0.29, 0.717) is 0 Å². The molecule has 0 heterocycles. The minimum Gasteiger partial charge on any atom is -0.330 e. The molecule has 0 aliphatic heterocycles. The molecule has 1 rings (SSSR count). The van der Waals surface area contributed by atoms with Crippen LogP contribution in [-0.2, 0) is 0 Å². The van der Waals surface area contributed by atoms with E-state index < -0.39 is 0 Å². The summed E-state index contributed by atoms with van der Waals surface area (Å²) in [4.78, 5) is 0. The second-order valence-corrected chi connectivity index (χ2v) is 4.52. The first-order valence-electron chi connectivity index (χ1n) is 5.75. The summed E-state index contributed by atoms with van der Waals surface area (Å²) in [7, 11) is 0. The van der Waals surface area contributed by atoms with Gasteiger partial charge in [-0.25, -0.2) is 0 Å². The molecule has 0 bridgehead atoms. The van der Waals surface area contributed by atoms with Gasteiger partial charge in [0.05, 0.1) is 0 Å². The van der Waals surface area contributed by atoms with E-state index in [0.717, 1.165) is 12.5 Å². The van der Waals surface area contributed by atoms with Gasteiger partial charge < -0.3 is 5.73 Å². The highest BCUT2D eigenvalue weighted by atomic mass is 14.5. The van der Waals surface area contributed by atoms with Gasteiger partial charge in [-0.15, -0.1) is 0 Å². The molecule has 0 aromatic heterocycles. The zero-order valence-corrected chi connectivity index (χ0v) is 9.55. The smallest absolute Gasteiger partial charge is 0.00717 e. The zero-order chi connectivity index (χ0) is 10.4. The summed E-state index contributed by atoms with van der Waals surface area (Å²) >= 11 is 0. The Morgan fingerprint density at radius 2 is 2.36 bits per heavy atom. The third kappa shape index (κ3) is 4.10. The Bertz CT molecular complexity index is 221. The van der Waals surface area contributed by atoms with Gasteiger partial charge in [0.15, 0.2) is 0 Å². The lowest BCUT2D eigenvalue weighted by molar-refractivity contribution is 0.585. The number of hydrogen-bond donors (Lipinski definition) is 1. The topological polar surface area (TPSA) is 26.0 Å². The van der Waals surface area contributed by atoms with Crippen molar-refractivity contribution < 1.29 is 0 Å². The molecular formula is C13H23N. The Kier molecular flexibility index (Phi) is 4.95. The number of rotatable bonds is 5. The Morgan fingerprint density at radius 1 is 1.57 bits per heavy atom. The molecule has 1 nitrogen and oxygen atoms in total. The van der Waals surface area contributed by atoms with Crippen molar-refractivity contribution in [3.63, 3.8) is 0 Å². The summed E-state index contributed by atoms with van der Waals surface area (Å²) in [6, 6.07) is 0. The maximum Gasteiger partial charge on any atom is -0.00717 e. The molecule has 1 atom stereocenters. The molecule has 0 spiro atoms. The van der Waals surface area contributed by atoms with Gasteiger partial charge in [0.1, 0.15) is 0 Å². The first-order chi connectivity index (χ1) is 6.72. The Labute approximate surface area is 88.1 Å². The second kappa shape index (κ2) is 6.02. The van der Waals surface area contributed by atoms with Crippen molar-refractivity contribution in [3.05, 3.63) is 23.3 Å².